The zero-order valence-electron chi connectivity index (χ0n) is 10.5. The zero-order chi connectivity index (χ0) is 13.7. The van der Waals surface area contributed by atoms with Gasteiger partial charge in [-0.15, -0.1) is 0 Å². The largest absolute Gasteiger partial charge is 0.435 e. The fourth-order valence-corrected chi connectivity index (χ4v) is 2.04. The molecule has 4 heteroatoms. The lowest BCUT2D eigenvalue weighted by Crippen LogP contribution is -2.17. The molecule has 0 saturated heterocycles. The molecule has 0 fully saturated rings. The van der Waals surface area contributed by atoms with Crippen LogP contribution in [0.25, 0.3) is 0 Å². The highest BCUT2D eigenvalue weighted by Gasteiger charge is 2.13. The number of halogens is 2. The van der Waals surface area contributed by atoms with Gasteiger partial charge in [0, 0.05) is 0 Å². The summed E-state index contributed by atoms with van der Waals surface area (Å²) in [6.45, 7) is -2.81. The van der Waals surface area contributed by atoms with Gasteiger partial charge in [-0.2, -0.15) is 8.78 Å². The second-order valence-corrected chi connectivity index (χ2v) is 4.08. The van der Waals surface area contributed by atoms with Crippen LogP contribution in [0, 0.1) is 0 Å². The molecule has 1 N–H and O–H groups in total. The zero-order valence-corrected chi connectivity index (χ0v) is 10.5. The van der Waals surface area contributed by atoms with Crippen LogP contribution in [0.3, 0.4) is 0 Å². The molecular formula is C15H15F2NO. The maximum atomic E-state index is 12.2. The molecule has 0 spiro atoms. The summed E-state index contributed by atoms with van der Waals surface area (Å²) >= 11 is 0. The van der Waals surface area contributed by atoms with Crippen LogP contribution in [0.5, 0.6) is 5.75 Å². The highest BCUT2D eigenvalue weighted by atomic mass is 19.3. The Hall–Kier alpha value is -1.94. The van der Waals surface area contributed by atoms with E-state index in [9.17, 15) is 8.78 Å². The lowest BCUT2D eigenvalue weighted by molar-refractivity contribution is -0.0498. The number of ether oxygens (including phenoxy) is 1. The third kappa shape index (κ3) is 3.51. The highest BCUT2D eigenvalue weighted by molar-refractivity contribution is 5.36. The van der Waals surface area contributed by atoms with Crippen molar-refractivity contribution in [3.05, 3.63) is 65.7 Å². The van der Waals surface area contributed by atoms with Gasteiger partial charge in [0.25, 0.3) is 0 Å². The molecule has 0 heterocycles. The quantitative estimate of drug-likeness (QED) is 0.890. The van der Waals surface area contributed by atoms with Gasteiger partial charge < -0.3 is 10.1 Å². The molecule has 0 aliphatic carbocycles. The van der Waals surface area contributed by atoms with Crippen molar-refractivity contribution in [1.29, 1.82) is 0 Å². The van der Waals surface area contributed by atoms with Gasteiger partial charge >= 0.3 is 6.61 Å². The summed E-state index contributed by atoms with van der Waals surface area (Å²) in [6.07, 6.45) is 0. The molecule has 0 aromatic heterocycles. The number of rotatable bonds is 5. The van der Waals surface area contributed by atoms with Gasteiger partial charge in [0.1, 0.15) is 5.75 Å². The Balaban J connectivity index is 2.28. The van der Waals surface area contributed by atoms with Crippen molar-refractivity contribution in [1.82, 2.24) is 5.32 Å². The van der Waals surface area contributed by atoms with Gasteiger partial charge in [-0.05, 0) is 30.3 Å². The Morgan fingerprint density at radius 3 is 2.26 bits per heavy atom. The van der Waals surface area contributed by atoms with Crippen molar-refractivity contribution in [3.8, 4) is 5.75 Å². The number of hydrogen-bond donors (Lipinski definition) is 1. The minimum absolute atomic E-state index is 0.0533. The lowest BCUT2D eigenvalue weighted by atomic mass is 9.99. The van der Waals surface area contributed by atoms with E-state index in [1.54, 1.807) is 12.1 Å². The van der Waals surface area contributed by atoms with E-state index in [1.807, 2.05) is 43.4 Å². The summed E-state index contributed by atoms with van der Waals surface area (Å²) in [7, 11) is 1.83. The monoisotopic (exact) mass is 263 g/mol. The standard InChI is InChI=1S/C15H15F2NO/c1-18-14(11-6-3-2-4-7-11)12-8-5-9-13(10-12)19-15(16)17/h2-10,14-15,18H,1H3. The van der Waals surface area contributed by atoms with Crippen LogP contribution in [0.2, 0.25) is 0 Å². The second-order valence-electron chi connectivity index (χ2n) is 4.08. The van der Waals surface area contributed by atoms with Crippen LogP contribution in [-0.4, -0.2) is 13.7 Å². The molecule has 1 atom stereocenters. The number of nitrogens with one attached hydrogen (secondary N) is 1. The molecule has 2 rings (SSSR count). The molecule has 0 aliphatic rings. The molecule has 0 bridgehead atoms. The highest BCUT2D eigenvalue weighted by Crippen LogP contribution is 2.25. The fraction of sp³-hybridized carbons (Fsp3) is 0.200. The number of benzene rings is 2. The van der Waals surface area contributed by atoms with Crippen molar-refractivity contribution in [3.63, 3.8) is 0 Å². The van der Waals surface area contributed by atoms with E-state index in [0.29, 0.717) is 0 Å². The Morgan fingerprint density at radius 1 is 0.947 bits per heavy atom. The summed E-state index contributed by atoms with van der Waals surface area (Å²) in [5.74, 6) is 0.170. The summed E-state index contributed by atoms with van der Waals surface area (Å²) in [5, 5.41) is 3.17. The van der Waals surface area contributed by atoms with Crippen LogP contribution < -0.4 is 10.1 Å². The third-order valence-corrected chi connectivity index (χ3v) is 2.84. The molecule has 0 amide bonds. The van der Waals surface area contributed by atoms with Crippen molar-refractivity contribution in [2.45, 2.75) is 12.7 Å². The van der Waals surface area contributed by atoms with Crippen molar-refractivity contribution < 1.29 is 13.5 Å². The molecule has 19 heavy (non-hydrogen) atoms. The number of hydrogen-bond acceptors (Lipinski definition) is 2. The van der Waals surface area contributed by atoms with E-state index >= 15 is 0 Å². The van der Waals surface area contributed by atoms with E-state index in [4.69, 9.17) is 0 Å². The van der Waals surface area contributed by atoms with Gasteiger partial charge in [0.05, 0.1) is 6.04 Å². The first-order chi connectivity index (χ1) is 9.20. The Labute approximate surface area is 111 Å². The SMILES string of the molecule is CNC(c1ccccc1)c1cccc(OC(F)F)c1. The minimum Gasteiger partial charge on any atom is -0.435 e. The van der Waals surface area contributed by atoms with Gasteiger partial charge in [-0.1, -0.05) is 42.5 Å². The van der Waals surface area contributed by atoms with E-state index in [-0.39, 0.29) is 11.8 Å². The van der Waals surface area contributed by atoms with Gasteiger partial charge in [-0.3, -0.25) is 0 Å². The molecular weight excluding hydrogens is 248 g/mol. The molecule has 2 aromatic carbocycles. The number of alkyl halides is 2. The first kappa shape index (κ1) is 13.5. The van der Waals surface area contributed by atoms with Crippen molar-refractivity contribution in [2.24, 2.45) is 0 Å². The smallest absolute Gasteiger partial charge is 0.387 e. The maximum absolute atomic E-state index is 12.2. The average Bonchev–Trinajstić information content (AvgIpc) is 2.40. The Morgan fingerprint density at radius 2 is 1.63 bits per heavy atom. The van der Waals surface area contributed by atoms with Gasteiger partial charge in [-0.25, -0.2) is 0 Å². The molecule has 2 nitrogen and oxygen atoms in total. The Bertz CT molecular complexity index is 517. The molecule has 100 valence electrons. The normalized spacial score (nSPS) is 12.4. The molecule has 0 radical (unpaired) electrons. The van der Waals surface area contributed by atoms with Crippen LogP contribution in [0.15, 0.2) is 54.6 Å². The first-order valence-electron chi connectivity index (χ1n) is 5.97. The van der Waals surface area contributed by atoms with E-state index in [1.165, 1.54) is 6.07 Å². The topological polar surface area (TPSA) is 21.3 Å². The first-order valence-corrected chi connectivity index (χ1v) is 5.97. The van der Waals surface area contributed by atoms with Crippen LogP contribution in [-0.2, 0) is 0 Å². The van der Waals surface area contributed by atoms with Crippen molar-refractivity contribution in [2.75, 3.05) is 7.05 Å². The van der Waals surface area contributed by atoms with E-state index in [2.05, 4.69) is 10.1 Å². The lowest BCUT2D eigenvalue weighted by Gasteiger charge is -2.18. The maximum Gasteiger partial charge on any atom is 0.387 e. The molecule has 0 saturated carbocycles. The fourth-order valence-electron chi connectivity index (χ4n) is 2.04. The summed E-state index contributed by atoms with van der Waals surface area (Å²) < 4.78 is 28.9. The summed E-state index contributed by atoms with van der Waals surface area (Å²) in [4.78, 5) is 0. The summed E-state index contributed by atoms with van der Waals surface area (Å²) in [5.41, 5.74) is 1.95. The van der Waals surface area contributed by atoms with E-state index < -0.39 is 6.61 Å². The molecule has 2 aromatic rings. The van der Waals surface area contributed by atoms with Crippen molar-refractivity contribution >= 4 is 0 Å². The summed E-state index contributed by atoms with van der Waals surface area (Å²) in [6, 6.07) is 16.5. The van der Waals surface area contributed by atoms with Gasteiger partial charge in [0.2, 0.25) is 0 Å². The average molecular weight is 263 g/mol. The third-order valence-electron chi connectivity index (χ3n) is 2.84. The predicted octanol–water partition coefficient (Wildman–Crippen LogP) is 3.60. The predicted molar refractivity (Wildman–Crippen MR) is 70.4 cm³/mol. The van der Waals surface area contributed by atoms with Crippen LogP contribution >= 0.6 is 0 Å². The van der Waals surface area contributed by atoms with Crippen LogP contribution in [0.4, 0.5) is 8.78 Å². The molecule has 0 aliphatic heterocycles. The van der Waals surface area contributed by atoms with Gasteiger partial charge in [0.15, 0.2) is 0 Å². The molecule has 1 unspecified atom stereocenters. The van der Waals surface area contributed by atoms with Crippen LogP contribution in [0.1, 0.15) is 17.2 Å². The Kier molecular flexibility index (Phi) is 4.47. The van der Waals surface area contributed by atoms with E-state index in [0.717, 1.165) is 11.1 Å². The second kappa shape index (κ2) is 6.29. The minimum atomic E-state index is -2.81.